The van der Waals surface area contributed by atoms with Gasteiger partial charge in [-0.1, -0.05) is 0 Å². The summed E-state index contributed by atoms with van der Waals surface area (Å²) in [6, 6.07) is -0.988. The molecule has 180 valence electrons. The number of imide groups is 2. The van der Waals surface area contributed by atoms with Crippen LogP contribution < -0.4 is 10.6 Å². The highest BCUT2D eigenvalue weighted by Crippen LogP contribution is 2.18. The number of amides is 6. The molecule has 0 spiro atoms. The normalized spacial score (nSPS) is 25.8. The van der Waals surface area contributed by atoms with Gasteiger partial charge in [0.05, 0.1) is 25.3 Å². The summed E-state index contributed by atoms with van der Waals surface area (Å²) >= 11 is 0. The molecule has 2 unspecified atom stereocenters. The first kappa shape index (κ1) is 24.4. The average Bonchev–Trinajstić information content (AvgIpc) is 2.99. The lowest BCUT2D eigenvalue weighted by Crippen LogP contribution is -2.53. The molecule has 2 atom stereocenters. The summed E-state index contributed by atoms with van der Waals surface area (Å²) in [4.78, 5) is 54.6. The third-order valence-corrected chi connectivity index (χ3v) is 6.08. The van der Waals surface area contributed by atoms with Gasteiger partial charge in [-0.15, -0.1) is 0 Å². The van der Waals surface area contributed by atoms with Gasteiger partial charge in [0.25, 0.3) is 11.8 Å². The number of aliphatic hydroxyl groups is 2. The molecule has 6 amide bonds. The summed E-state index contributed by atoms with van der Waals surface area (Å²) in [7, 11) is 0. The smallest absolute Gasteiger partial charge is 0.325 e. The lowest BCUT2D eigenvalue weighted by Gasteiger charge is -2.37. The number of nitrogens with zero attached hydrogens (tertiary/aromatic N) is 4. The first-order chi connectivity index (χ1) is 14.8. The largest absolute Gasteiger partial charge is 0.390 e. The SMILES string of the molecule is CC1(C)NC(=O)N(CC(O)CN2CCN(CC(O)CN3C(=O)NC(C)(C)C3=O)CC2)C1=O. The van der Waals surface area contributed by atoms with Crippen molar-refractivity contribution in [2.45, 2.75) is 51.0 Å². The highest BCUT2D eigenvalue weighted by atomic mass is 16.3. The predicted octanol–water partition coefficient (Wildman–Crippen LogP) is -2.01. The van der Waals surface area contributed by atoms with E-state index in [2.05, 4.69) is 10.6 Å². The maximum Gasteiger partial charge on any atom is 0.325 e. The summed E-state index contributed by atoms with van der Waals surface area (Å²) < 4.78 is 0. The van der Waals surface area contributed by atoms with E-state index in [-0.39, 0.29) is 24.9 Å². The van der Waals surface area contributed by atoms with E-state index < -0.39 is 35.3 Å². The standard InChI is InChI=1S/C20H34N6O6/c1-19(2)15(29)25(17(31)21-19)11-13(27)9-23-5-7-24(8-6-23)10-14(28)12-26-16(30)20(3,4)22-18(26)32/h13-14,27-28H,5-12H2,1-4H3,(H,21,31)(H,22,32). The zero-order chi connectivity index (χ0) is 23.8. The Balaban J connectivity index is 1.40. The van der Waals surface area contributed by atoms with Gasteiger partial charge >= 0.3 is 12.1 Å². The average molecular weight is 455 g/mol. The van der Waals surface area contributed by atoms with Crippen LogP contribution in [0.1, 0.15) is 27.7 Å². The van der Waals surface area contributed by atoms with Gasteiger partial charge < -0.3 is 20.8 Å². The van der Waals surface area contributed by atoms with Gasteiger partial charge in [0.1, 0.15) is 11.1 Å². The van der Waals surface area contributed by atoms with Gasteiger partial charge in [0.2, 0.25) is 0 Å². The van der Waals surface area contributed by atoms with Crippen molar-refractivity contribution in [1.29, 1.82) is 0 Å². The van der Waals surface area contributed by atoms with Crippen LogP contribution in [0.3, 0.4) is 0 Å². The Morgan fingerprint density at radius 2 is 1.00 bits per heavy atom. The van der Waals surface area contributed by atoms with E-state index in [4.69, 9.17) is 0 Å². The molecule has 3 saturated heterocycles. The van der Waals surface area contributed by atoms with E-state index in [1.54, 1.807) is 27.7 Å². The monoisotopic (exact) mass is 454 g/mol. The Morgan fingerprint density at radius 1 is 0.688 bits per heavy atom. The van der Waals surface area contributed by atoms with E-state index in [1.165, 1.54) is 0 Å². The molecule has 3 rings (SSSR count). The molecule has 3 heterocycles. The first-order valence-corrected chi connectivity index (χ1v) is 10.9. The van der Waals surface area contributed by atoms with Crippen molar-refractivity contribution in [3.8, 4) is 0 Å². The van der Waals surface area contributed by atoms with E-state index in [1.807, 2.05) is 9.80 Å². The molecule has 4 N–H and O–H groups in total. The van der Waals surface area contributed by atoms with Gasteiger partial charge in [-0.05, 0) is 27.7 Å². The van der Waals surface area contributed by atoms with Crippen molar-refractivity contribution in [1.82, 2.24) is 30.2 Å². The Bertz CT molecular complexity index is 715. The van der Waals surface area contributed by atoms with Crippen LogP contribution in [0.4, 0.5) is 9.59 Å². The molecule has 0 aromatic rings. The van der Waals surface area contributed by atoms with Crippen LogP contribution in [-0.4, -0.2) is 129 Å². The number of rotatable bonds is 8. The van der Waals surface area contributed by atoms with Crippen LogP contribution in [0, 0.1) is 0 Å². The second-order valence-corrected chi connectivity index (χ2v) is 9.85. The fraction of sp³-hybridized carbons (Fsp3) is 0.800. The van der Waals surface area contributed by atoms with Crippen molar-refractivity contribution in [3.05, 3.63) is 0 Å². The van der Waals surface area contributed by atoms with Crippen LogP contribution >= 0.6 is 0 Å². The van der Waals surface area contributed by atoms with Crippen molar-refractivity contribution >= 4 is 23.9 Å². The van der Waals surface area contributed by atoms with E-state index in [0.717, 1.165) is 9.80 Å². The number of aliphatic hydroxyl groups excluding tert-OH is 2. The third kappa shape index (κ3) is 5.20. The molecule has 32 heavy (non-hydrogen) atoms. The first-order valence-electron chi connectivity index (χ1n) is 10.9. The Hall–Kier alpha value is -2.28. The Labute approximate surface area is 187 Å². The molecular weight excluding hydrogens is 420 g/mol. The second kappa shape index (κ2) is 8.93. The van der Waals surface area contributed by atoms with E-state index in [9.17, 15) is 29.4 Å². The molecule has 3 aliphatic rings. The zero-order valence-electron chi connectivity index (χ0n) is 19.1. The zero-order valence-corrected chi connectivity index (χ0v) is 19.1. The molecule has 12 nitrogen and oxygen atoms in total. The molecule has 12 heteroatoms. The molecule has 0 aromatic carbocycles. The van der Waals surface area contributed by atoms with Gasteiger partial charge in [0.15, 0.2) is 0 Å². The molecular formula is C20H34N6O6. The number of carbonyl (C=O) groups excluding carboxylic acids is 4. The number of urea groups is 2. The molecule has 0 saturated carbocycles. The minimum atomic E-state index is -0.959. The number of piperazine rings is 1. The predicted molar refractivity (Wildman–Crippen MR) is 114 cm³/mol. The summed E-state index contributed by atoms with van der Waals surface area (Å²) in [5.74, 6) is -0.706. The Morgan fingerprint density at radius 3 is 1.25 bits per heavy atom. The van der Waals surface area contributed by atoms with Gasteiger partial charge in [-0.3, -0.25) is 29.2 Å². The topological polar surface area (TPSA) is 146 Å². The number of β-amino-alcohol motifs (C(OH)–C–C–N with tert-alkyl or cyclic N) is 2. The fourth-order valence-electron chi connectivity index (χ4n) is 4.25. The summed E-state index contributed by atoms with van der Waals surface area (Å²) in [5, 5.41) is 26.0. The van der Waals surface area contributed by atoms with Crippen LogP contribution in [-0.2, 0) is 9.59 Å². The summed E-state index contributed by atoms with van der Waals surface area (Å²) in [6.45, 7) is 9.61. The molecule has 0 aromatic heterocycles. The van der Waals surface area contributed by atoms with E-state index >= 15 is 0 Å². The van der Waals surface area contributed by atoms with Gasteiger partial charge in [-0.2, -0.15) is 0 Å². The molecule has 0 radical (unpaired) electrons. The molecule has 3 aliphatic heterocycles. The molecule has 0 bridgehead atoms. The number of hydrogen-bond acceptors (Lipinski definition) is 8. The van der Waals surface area contributed by atoms with Gasteiger partial charge in [-0.25, -0.2) is 9.59 Å². The van der Waals surface area contributed by atoms with Crippen LogP contribution in [0.5, 0.6) is 0 Å². The van der Waals surface area contributed by atoms with E-state index in [0.29, 0.717) is 39.3 Å². The number of nitrogens with one attached hydrogen (secondary N) is 2. The maximum absolute atomic E-state index is 12.2. The highest BCUT2D eigenvalue weighted by Gasteiger charge is 2.46. The number of hydrogen-bond donors (Lipinski definition) is 4. The fourth-order valence-corrected chi connectivity index (χ4v) is 4.25. The Kier molecular flexibility index (Phi) is 6.80. The van der Waals surface area contributed by atoms with Crippen LogP contribution in [0.25, 0.3) is 0 Å². The molecule has 3 fully saturated rings. The van der Waals surface area contributed by atoms with Crippen LogP contribution in [0.2, 0.25) is 0 Å². The van der Waals surface area contributed by atoms with Crippen molar-refractivity contribution in [2.24, 2.45) is 0 Å². The van der Waals surface area contributed by atoms with Crippen molar-refractivity contribution < 1.29 is 29.4 Å². The summed E-state index contributed by atoms with van der Waals surface area (Å²) in [5.41, 5.74) is -1.92. The van der Waals surface area contributed by atoms with Crippen molar-refractivity contribution in [2.75, 3.05) is 52.4 Å². The minimum Gasteiger partial charge on any atom is -0.390 e. The maximum atomic E-state index is 12.2. The molecule has 0 aliphatic carbocycles. The van der Waals surface area contributed by atoms with Crippen molar-refractivity contribution in [3.63, 3.8) is 0 Å². The lowest BCUT2D eigenvalue weighted by atomic mass is 10.1. The van der Waals surface area contributed by atoms with Crippen LogP contribution in [0.15, 0.2) is 0 Å². The number of carbonyl (C=O) groups is 4. The highest BCUT2D eigenvalue weighted by molar-refractivity contribution is 6.07. The third-order valence-electron chi connectivity index (χ3n) is 6.08. The lowest BCUT2D eigenvalue weighted by molar-refractivity contribution is -0.132. The minimum absolute atomic E-state index is 0.0602. The van der Waals surface area contributed by atoms with Gasteiger partial charge in [0, 0.05) is 39.3 Å². The second-order valence-electron chi connectivity index (χ2n) is 9.85. The quantitative estimate of drug-likeness (QED) is 0.308. The summed E-state index contributed by atoms with van der Waals surface area (Å²) in [6.07, 6.45) is -1.72.